The van der Waals surface area contributed by atoms with Gasteiger partial charge in [-0.05, 0) is 18.2 Å². The van der Waals surface area contributed by atoms with Gasteiger partial charge in [-0.1, -0.05) is 19.0 Å². The SMILES string of the molecule is CC1SCC(c2noc(-c3cc(N)ccc3F)n2)SC1C. The molecule has 1 aliphatic heterocycles. The lowest BCUT2D eigenvalue weighted by Gasteiger charge is -2.29. The van der Waals surface area contributed by atoms with Crippen LogP contribution in [0.1, 0.15) is 24.9 Å². The second-order valence-electron chi connectivity index (χ2n) is 5.07. The maximum Gasteiger partial charge on any atom is 0.261 e. The van der Waals surface area contributed by atoms with Crippen LogP contribution in [0.15, 0.2) is 22.7 Å². The zero-order valence-electron chi connectivity index (χ0n) is 11.7. The Morgan fingerprint density at radius 3 is 2.90 bits per heavy atom. The van der Waals surface area contributed by atoms with Crippen molar-refractivity contribution in [1.82, 2.24) is 10.1 Å². The van der Waals surface area contributed by atoms with Crippen LogP contribution in [0, 0.1) is 5.82 Å². The average molecular weight is 325 g/mol. The van der Waals surface area contributed by atoms with Gasteiger partial charge in [-0.15, -0.1) is 11.8 Å². The molecule has 0 amide bonds. The van der Waals surface area contributed by atoms with Crippen LogP contribution in [0.5, 0.6) is 0 Å². The molecule has 1 aromatic heterocycles. The highest BCUT2D eigenvalue weighted by Crippen LogP contribution is 2.43. The number of nitrogens with two attached hydrogens (primary N) is 1. The number of nitrogen functional groups attached to an aromatic ring is 1. The number of rotatable bonds is 2. The standard InChI is InChI=1S/C14H16FN3OS2/c1-7-8(2)21-12(6-20-7)13-17-14(19-18-13)10-5-9(16)3-4-11(10)15/h3-5,7-8,12H,6,16H2,1-2H3. The van der Waals surface area contributed by atoms with Crippen molar-refractivity contribution in [2.75, 3.05) is 11.5 Å². The number of hydrogen-bond donors (Lipinski definition) is 1. The van der Waals surface area contributed by atoms with Gasteiger partial charge in [-0.3, -0.25) is 0 Å². The minimum absolute atomic E-state index is 0.183. The van der Waals surface area contributed by atoms with Gasteiger partial charge in [0.15, 0.2) is 5.82 Å². The van der Waals surface area contributed by atoms with Gasteiger partial charge in [0, 0.05) is 21.9 Å². The molecule has 1 aliphatic rings. The molecule has 7 heteroatoms. The summed E-state index contributed by atoms with van der Waals surface area (Å²) >= 11 is 3.74. The summed E-state index contributed by atoms with van der Waals surface area (Å²) in [5.74, 6) is 1.34. The summed E-state index contributed by atoms with van der Waals surface area (Å²) in [6.45, 7) is 4.43. The monoisotopic (exact) mass is 325 g/mol. The van der Waals surface area contributed by atoms with E-state index in [1.165, 1.54) is 18.2 Å². The Bertz CT molecular complexity index is 649. The summed E-state index contributed by atoms with van der Waals surface area (Å²) in [5.41, 5.74) is 6.41. The average Bonchev–Trinajstić information content (AvgIpc) is 2.94. The molecule has 1 saturated heterocycles. The van der Waals surface area contributed by atoms with E-state index in [1.807, 2.05) is 23.5 Å². The number of benzene rings is 1. The van der Waals surface area contributed by atoms with Crippen molar-refractivity contribution in [3.05, 3.63) is 29.8 Å². The normalized spacial score (nSPS) is 26.0. The maximum atomic E-state index is 13.8. The molecule has 3 atom stereocenters. The number of nitrogens with zero attached hydrogens (tertiary/aromatic N) is 2. The molecule has 2 aromatic rings. The van der Waals surface area contributed by atoms with Crippen molar-refractivity contribution >= 4 is 29.2 Å². The Hall–Kier alpha value is -1.21. The van der Waals surface area contributed by atoms with E-state index in [0.29, 0.717) is 22.0 Å². The highest BCUT2D eigenvalue weighted by Gasteiger charge is 2.30. The molecule has 1 aromatic carbocycles. The maximum absolute atomic E-state index is 13.8. The third kappa shape index (κ3) is 3.03. The molecule has 0 spiro atoms. The van der Waals surface area contributed by atoms with E-state index in [1.54, 1.807) is 0 Å². The molecule has 0 radical (unpaired) electrons. The van der Waals surface area contributed by atoms with Crippen LogP contribution in [0.2, 0.25) is 0 Å². The van der Waals surface area contributed by atoms with E-state index in [4.69, 9.17) is 10.3 Å². The van der Waals surface area contributed by atoms with E-state index < -0.39 is 5.82 Å². The number of aromatic nitrogens is 2. The van der Waals surface area contributed by atoms with Crippen molar-refractivity contribution in [2.24, 2.45) is 0 Å². The zero-order chi connectivity index (χ0) is 15.0. The molecule has 4 nitrogen and oxygen atoms in total. The van der Waals surface area contributed by atoms with Crippen LogP contribution < -0.4 is 5.73 Å². The predicted molar refractivity (Wildman–Crippen MR) is 85.8 cm³/mol. The molecule has 112 valence electrons. The lowest BCUT2D eigenvalue weighted by molar-refractivity contribution is 0.420. The van der Waals surface area contributed by atoms with E-state index >= 15 is 0 Å². The molecule has 2 N–H and O–H groups in total. The van der Waals surface area contributed by atoms with Crippen LogP contribution in [0.25, 0.3) is 11.5 Å². The van der Waals surface area contributed by atoms with Crippen LogP contribution in [-0.2, 0) is 0 Å². The fraction of sp³-hybridized carbons (Fsp3) is 0.429. The van der Waals surface area contributed by atoms with E-state index in [9.17, 15) is 4.39 Å². The number of anilines is 1. The predicted octanol–water partition coefficient (Wildman–Crippen LogP) is 3.76. The van der Waals surface area contributed by atoms with Gasteiger partial charge in [0.2, 0.25) is 0 Å². The van der Waals surface area contributed by atoms with Crippen molar-refractivity contribution in [3.63, 3.8) is 0 Å². The first-order valence-corrected chi connectivity index (χ1v) is 8.70. The molecule has 3 rings (SSSR count). The van der Waals surface area contributed by atoms with E-state index in [0.717, 1.165) is 5.75 Å². The van der Waals surface area contributed by atoms with Crippen molar-refractivity contribution in [2.45, 2.75) is 29.6 Å². The molecule has 3 unspecified atom stereocenters. The second-order valence-corrected chi connectivity index (χ2v) is 8.06. The summed E-state index contributed by atoms with van der Waals surface area (Å²) in [6.07, 6.45) is 0. The number of hydrogen-bond acceptors (Lipinski definition) is 6. The van der Waals surface area contributed by atoms with Crippen molar-refractivity contribution < 1.29 is 8.91 Å². The topological polar surface area (TPSA) is 64.9 Å². The molecule has 0 bridgehead atoms. The molecule has 0 saturated carbocycles. The van der Waals surface area contributed by atoms with E-state index in [2.05, 4.69) is 24.0 Å². The van der Waals surface area contributed by atoms with Crippen molar-refractivity contribution in [1.29, 1.82) is 0 Å². The fourth-order valence-electron chi connectivity index (χ4n) is 2.10. The third-order valence-electron chi connectivity index (χ3n) is 3.50. The highest BCUT2D eigenvalue weighted by molar-refractivity contribution is 8.07. The van der Waals surface area contributed by atoms with Gasteiger partial charge >= 0.3 is 0 Å². The molecular weight excluding hydrogens is 309 g/mol. The van der Waals surface area contributed by atoms with Gasteiger partial charge in [0.1, 0.15) is 5.82 Å². The lowest BCUT2D eigenvalue weighted by atomic mass is 10.2. The summed E-state index contributed by atoms with van der Waals surface area (Å²) in [4.78, 5) is 4.36. The Morgan fingerprint density at radius 1 is 1.33 bits per heavy atom. The van der Waals surface area contributed by atoms with E-state index in [-0.39, 0.29) is 16.7 Å². The Labute approximate surface area is 131 Å². The first-order chi connectivity index (χ1) is 10.0. The minimum Gasteiger partial charge on any atom is -0.399 e. The Morgan fingerprint density at radius 2 is 2.14 bits per heavy atom. The summed E-state index contributed by atoms with van der Waals surface area (Å²) in [7, 11) is 0. The molecular formula is C14H16FN3OS2. The smallest absolute Gasteiger partial charge is 0.261 e. The van der Waals surface area contributed by atoms with Crippen LogP contribution in [0.3, 0.4) is 0 Å². The van der Waals surface area contributed by atoms with Gasteiger partial charge < -0.3 is 10.3 Å². The molecule has 0 aliphatic carbocycles. The molecule has 1 fully saturated rings. The van der Waals surface area contributed by atoms with Gasteiger partial charge in [0.05, 0.1) is 10.8 Å². The largest absolute Gasteiger partial charge is 0.399 e. The molecule has 2 heterocycles. The summed E-state index contributed by atoms with van der Waals surface area (Å²) in [5, 5.41) is 5.34. The zero-order valence-corrected chi connectivity index (χ0v) is 13.4. The fourth-order valence-corrected chi connectivity index (χ4v) is 4.93. The van der Waals surface area contributed by atoms with Crippen LogP contribution >= 0.6 is 23.5 Å². The number of thioether (sulfide) groups is 2. The second kappa shape index (κ2) is 5.88. The Balaban J connectivity index is 1.85. The van der Waals surface area contributed by atoms with Gasteiger partial charge in [0.25, 0.3) is 5.89 Å². The molecule has 21 heavy (non-hydrogen) atoms. The first-order valence-electron chi connectivity index (χ1n) is 6.70. The first kappa shape index (κ1) is 14.7. The number of halogens is 1. The lowest BCUT2D eigenvalue weighted by Crippen LogP contribution is -2.22. The van der Waals surface area contributed by atoms with Crippen molar-refractivity contribution in [3.8, 4) is 11.5 Å². The minimum atomic E-state index is -0.410. The third-order valence-corrected chi connectivity index (χ3v) is 6.89. The quantitative estimate of drug-likeness (QED) is 0.848. The summed E-state index contributed by atoms with van der Waals surface area (Å²) < 4.78 is 19.1. The van der Waals surface area contributed by atoms with Crippen LogP contribution in [-0.4, -0.2) is 26.4 Å². The van der Waals surface area contributed by atoms with Gasteiger partial charge in [-0.25, -0.2) is 4.39 Å². The summed E-state index contributed by atoms with van der Waals surface area (Å²) in [6, 6.07) is 4.33. The van der Waals surface area contributed by atoms with Gasteiger partial charge in [-0.2, -0.15) is 16.7 Å². The Kier molecular flexibility index (Phi) is 4.12. The highest BCUT2D eigenvalue weighted by atomic mass is 32.2. The van der Waals surface area contributed by atoms with Crippen LogP contribution in [0.4, 0.5) is 10.1 Å².